The van der Waals surface area contributed by atoms with Gasteiger partial charge in [-0.25, -0.2) is 19.2 Å². The van der Waals surface area contributed by atoms with E-state index >= 15 is 0 Å². The molecule has 16 nitrogen and oxygen atoms in total. The molecule has 18 heteroatoms. The van der Waals surface area contributed by atoms with Gasteiger partial charge in [-0.2, -0.15) is 0 Å². The van der Waals surface area contributed by atoms with Crippen molar-refractivity contribution in [3.63, 3.8) is 0 Å². The third kappa shape index (κ3) is 12.0. The number of ether oxygens (including phenoxy) is 10. The molecule has 6 aromatic carbocycles. The molecule has 7 rings (SSSR count). The van der Waals surface area contributed by atoms with E-state index in [4.69, 9.17) is 56.2 Å². The monoisotopic (exact) mass is 1200 g/mol. The second-order valence-corrected chi connectivity index (χ2v) is 34.4. The van der Waals surface area contributed by atoms with Crippen LogP contribution in [0.15, 0.2) is 72.8 Å². The third-order valence-electron chi connectivity index (χ3n) is 16.9. The highest BCUT2D eigenvalue weighted by atomic mass is 28.4. The van der Waals surface area contributed by atoms with E-state index in [1.165, 1.54) is 28.4 Å². The third-order valence-corrected chi connectivity index (χ3v) is 28.8. The summed E-state index contributed by atoms with van der Waals surface area (Å²) in [6, 6.07) is 21.3. The van der Waals surface area contributed by atoms with Gasteiger partial charge in [-0.1, -0.05) is 119 Å². The molecule has 0 unspecified atom stereocenters. The minimum absolute atomic E-state index is 0.0109. The normalized spacial score (nSPS) is 13.2. The van der Waals surface area contributed by atoms with Crippen LogP contribution in [0, 0.1) is 0 Å². The highest BCUT2D eigenvalue weighted by molar-refractivity contribution is 6.79. The summed E-state index contributed by atoms with van der Waals surface area (Å²) in [5.74, 6) is -1.37. The molecule has 85 heavy (non-hydrogen) atoms. The molecule has 0 fully saturated rings. The number of esters is 4. The van der Waals surface area contributed by atoms with Crippen LogP contribution in [0.4, 0.5) is 0 Å². The Bertz CT molecular complexity index is 3160. The second kappa shape index (κ2) is 26.9. The number of methoxy groups -OCH3 is 6. The Morgan fingerprint density at radius 3 is 1.00 bits per heavy atom. The second-order valence-electron chi connectivity index (χ2n) is 23.7. The molecule has 0 aliphatic carbocycles. The summed E-state index contributed by atoms with van der Waals surface area (Å²) in [4.78, 5) is 57.5. The molecule has 0 N–H and O–H groups in total. The van der Waals surface area contributed by atoms with Crippen molar-refractivity contribution < 1.29 is 75.4 Å². The predicted octanol–water partition coefficient (Wildman–Crippen LogP) is 15.7. The van der Waals surface area contributed by atoms with Crippen LogP contribution in [0.2, 0.25) is 33.2 Å². The van der Waals surface area contributed by atoms with Gasteiger partial charge in [0, 0.05) is 45.9 Å². The van der Waals surface area contributed by atoms with Crippen molar-refractivity contribution in [1.29, 1.82) is 0 Å². The van der Waals surface area contributed by atoms with E-state index < -0.39 is 59.5 Å². The van der Waals surface area contributed by atoms with Crippen LogP contribution in [-0.2, 0) is 31.8 Å². The highest BCUT2D eigenvalue weighted by Crippen LogP contribution is 2.62. The summed E-state index contributed by atoms with van der Waals surface area (Å²) in [7, 11) is 2.53. The van der Waals surface area contributed by atoms with Crippen molar-refractivity contribution in [2.45, 2.75) is 155 Å². The molecule has 0 saturated carbocycles. The van der Waals surface area contributed by atoms with Gasteiger partial charge in [0.25, 0.3) is 16.6 Å². The van der Waals surface area contributed by atoms with Gasteiger partial charge in [0.15, 0.2) is 34.5 Å². The summed E-state index contributed by atoms with van der Waals surface area (Å²) < 4.78 is 78.9. The number of carbonyl (C=O) groups is 4. The molecular formula is C67H86O16Si2. The predicted molar refractivity (Wildman–Crippen MR) is 335 cm³/mol. The molecular weight excluding hydrogens is 1120 g/mol. The number of carbonyl (C=O) groups excluding carboxylic acids is 4. The standard InChI is InChI=1S/C67H86O16Si2/c1-36(2)84(37(3)4,38(5)6)82-62-52-48(33-46(56(62)72-15)31-42(13)80-64(68)44-27-23-21-24-28-44)50-51-49-34-47(32-43(14)81-65(69)45-29-25-22-26-30-45)57(73-16)63(83-85(39(7)8,40(9)10)41(11)12)53(49)59(75-18)55(67(71)77-20)61(51)79-35-78-60(50)54(58(52)74-17)66(70)76-19/h21-30,33-34,36-43H,31-32,35H2,1-20H3/t42-,43-/m1/s1. The van der Waals surface area contributed by atoms with E-state index in [1.807, 2.05) is 24.3 Å². The zero-order chi connectivity index (χ0) is 62.6. The number of hydrogen-bond donors (Lipinski definition) is 0. The number of rotatable bonds is 24. The lowest BCUT2D eigenvalue weighted by Gasteiger charge is -2.43. The molecule has 0 bridgehead atoms. The fraction of sp³-hybridized carbons (Fsp3) is 0.463. The van der Waals surface area contributed by atoms with Crippen molar-refractivity contribution >= 4 is 62.1 Å². The number of fused-ring (bicyclic) bond motifs is 7. The Morgan fingerprint density at radius 1 is 0.424 bits per heavy atom. The van der Waals surface area contributed by atoms with Gasteiger partial charge in [0.05, 0.1) is 64.6 Å². The van der Waals surface area contributed by atoms with Crippen molar-refractivity contribution in [2.75, 3.05) is 49.5 Å². The van der Waals surface area contributed by atoms with Crippen LogP contribution in [0.25, 0.3) is 32.7 Å². The van der Waals surface area contributed by atoms with Crippen molar-refractivity contribution in [1.82, 2.24) is 0 Å². The number of benzene rings is 6. The Labute approximate surface area is 503 Å². The summed E-state index contributed by atoms with van der Waals surface area (Å²) in [5, 5.41) is 1.49. The lowest BCUT2D eigenvalue weighted by atomic mass is 9.85. The van der Waals surface area contributed by atoms with Gasteiger partial charge >= 0.3 is 23.9 Å². The van der Waals surface area contributed by atoms with Gasteiger partial charge < -0.3 is 56.2 Å². The van der Waals surface area contributed by atoms with E-state index in [0.717, 1.165) is 0 Å². The summed E-state index contributed by atoms with van der Waals surface area (Å²) >= 11 is 0. The first-order chi connectivity index (χ1) is 40.4. The summed E-state index contributed by atoms with van der Waals surface area (Å²) in [6.07, 6.45) is -1.27. The molecule has 458 valence electrons. The van der Waals surface area contributed by atoms with Crippen LogP contribution in [-0.4, -0.2) is 102 Å². The molecule has 0 radical (unpaired) electrons. The smallest absolute Gasteiger partial charge is 0.345 e. The van der Waals surface area contributed by atoms with Crippen LogP contribution in [0.1, 0.15) is 149 Å². The van der Waals surface area contributed by atoms with E-state index in [0.29, 0.717) is 55.3 Å². The van der Waals surface area contributed by atoms with Crippen LogP contribution in [0.5, 0.6) is 46.0 Å². The fourth-order valence-corrected chi connectivity index (χ4v) is 24.0. The topological polar surface area (TPSA) is 179 Å². The Hall–Kier alpha value is -7.45. The Kier molecular flexibility index (Phi) is 20.6. The average molecular weight is 1200 g/mol. The SMILES string of the molecule is COC(=O)c1c2c(c3cc(C[C@@H](C)OC(=O)c4ccccc4)c(OC)c(O[Si](C(C)C)(C(C)C)C(C)C)c3c1OC)-c1c(c(C(=O)OC)c(OC)c3c(O[Si](C(C)C)(C(C)C)C(C)C)c(OC)c(C[C@@H](C)OC(=O)c4ccccc4)cc13)OCO2. The van der Waals surface area contributed by atoms with Crippen LogP contribution < -0.4 is 37.3 Å². The molecule has 1 heterocycles. The van der Waals surface area contributed by atoms with Gasteiger partial charge in [-0.3, -0.25) is 0 Å². The molecule has 0 aromatic heterocycles. The number of hydrogen-bond acceptors (Lipinski definition) is 16. The maximum atomic E-state index is 15.0. The van der Waals surface area contributed by atoms with E-state index in [9.17, 15) is 19.2 Å². The lowest BCUT2D eigenvalue weighted by Crippen LogP contribution is -2.50. The summed E-state index contributed by atoms with van der Waals surface area (Å²) in [5.41, 5.74) is 2.39. The fourth-order valence-electron chi connectivity index (χ4n) is 13.5. The van der Waals surface area contributed by atoms with Crippen molar-refractivity contribution in [3.8, 4) is 57.1 Å². The zero-order valence-corrected chi connectivity index (χ0v) is 55.2. The van der Waals surface area contributed by atoms with Gasteiger partial charge in [0.1, 0.15) is 34.8 Å². The zero-order valence-electron chi connectivity index (χ0n) is 53.2. The molecule has 2 atom stereocenters. The van der Waals surface area contributed by atoms with Crippen LogP contribution in [0.3, 0.4) is 0 Å². The average Bonchev–Trinajstić information content (AvgIpc) is 1.70. The van der Waals surface area contributed by atoms with Crippen LogP contribution >= 0.6 is 0 Å². The molecule has 0 amide bonds. The van der Waals surface area contributed by atoms with E-state index in [-0.39, 0.29) is 103 Å². The van der Waals surface area contributed by atoms with Gasteiger partial charge in [0.2, 0.25) is 6.79 Å². The van der Waals surface area contributed by atoms with E-state index in [2.05, 4.69) is 83.1 Å². The Morgan fingerprint density at radius 2 is 0.729 bits per heavy atom. The molecule has 0 spiro atoms. The first kappa shape index (κ1) is 65.1. The quantitative estimate of drug-likeness (QED) is 0.0317. The largest absolute Gasteiger partial charge is 0.540 e. The first-order valence-corrected chi connectivity index (χ1v) is 33.5. The van der Waals surface area contributed by atoms with Gasteiger partial charge in [-0.05, 0) is 83.5 Å². The summed E-state index contributed by atoms with van der Waals surface area (Å²) in [6.45, 7) is 29.1. The molecule has 1 aliphatic rings. The first-order valence-electron chi connectivity index (χ1n) is 29.2. The maximum Gasteiger partial charge on any atom is 0.345 e. The minimum Gasteiger partial charge on any atom is -0.540 e. The molecule has 0 saturated heterocycles. The van der Waals surface area contributed by atoms with Gasteiger partial charge in [-0.15, -0.1) is 0 Å². The Balaban J connectivity index is 1.79. The molecule has 1 aliphatic heterocycles. The molecule has 6 aromatic rings. The van der Waals surface area contributed by atoms with Crippen molar-refractivity contribution in [3.05, 3.63) is 106 Å². The highest BCUT2D eigenvalue weighted by Gasteiger charge is 2.51. The minimum atomic E-state index is -3.02. The van der Waals surface area contributed by atoms with E-state index in [1.54, 1.807) is 76.6 Å². The maximum absolute atomic E-state index is 15.0. The van der Waals surface area contributed by atoms with Crippen molar-refractivity contribution in [2.24, 2.45) is 0 Å². The lowest BCUT2D eigenvalue weighted by molar-refractivity contribution is 0.0331.